The van der Waals surface area contributed by atoms with Gasteiger partial charge in [-0.05, 0) is 30.4 Å². The molecule has 0 aromatic heterocycles. The van der Waals surface area contributed by atoms with Crippen molar-refractivity contribution in [1.29, 1.82) is 0 Å². The van der Waals surface area contributed by atoms with Crippen molar-refractivity contribution < 1.29 is 0 Å². The quantitative estimate of drug-likeness (QED) is 0.769. The molecule has 1 aliphatic carbocycles. The second-order valence-corrected chi connectivity index (χ2v) is 4.90. The number of benzene rings is 1. The number of hydrogen-bond acceptors (Lipinski definition) is 1. The molecule has 0 spiro atoms. The maximum absolute atomic E-state index is 3.71. The third-order valence-corrected chi connectivity index (χ3v) is 3.74. The van der Waals surface area contributed by atoms with Gasteiger partial charge in [0.15, 0.2) is 0 Å². The van der Waals surface area contributed by atoms with Gasteiger partial charge < -0.3 is 5.32 Å². The van der Waals surface area contributed by atoms with Gasteiger partial charge in [0.2, 0.25) is 0 Å². The zero-order chi connectivity index (χ0) is 11.4. The predicted octanol–water partition coefficient (Wildman–Crippen LogP) is 3.49. The lowest BCUT2D eigenvalue weighted by Gasteiger charge is -2.31. The Morgan fingerprint density at radius 2 is 2.12 bits per heavy atom. The maximum atomic E-state index is 3.71. The van der Waals surface area contributed by atoms with Crippen molar-refractivity contribution in [2.45, 2.75) is 51.5 Å². The Kier molecular flexibility index (Phi) is 4.00. The second kappa shape index (κ2) is 5.49. The third kappa shape index (κ3) is 2.46. The van der Waals surface area contributed by atoms with Gasteiger partial charge in [-0.3, -0.25) is 0 Å². The summed E-state index contributed by atoms with van der Waals surface area (Å²) in [6, 6.07) is 9.57. The Labute approximate surface area is 99.3 Å². The van der Waals surface area contributed by atoms with Gasteiger partial charge in [-0.25, -0.2) is 0 Å². The minimum absolute atomic E-state index is 0.720. The molecule has 0 heterocycles. The minimum atomic E-state index is 0.720. The third-order valence-electron chi connectivity index (χ3n) is 3.74. The van der Waals surface area contributed by atoms with Gasteiger partial charge in [0.05, 0.1) is 0 Å². The van der Waals surface area contributed by atoms with Crippen LogP contribution in [0.3, 0.4) is 0 Å². The first kappa shape index (κ1) is 11.7. The normalized spacial score (nSPS) is 20.0. The van der Waals surface area contributed by atoms with E-state index in [2.05, 4.69) is 43.4 Å². The van der Waals surface area contributed by atoms with Crippen LogP contribution in [0.4, 0.5) is 0 Å². The van der Waals surface area contributed by atoms with E-state index >= 15 is 0 Å². The van der Waals surface area contributed by atoms with Crippen LogP contribution in [0.15, 0.2) is 24.3 Å². The van der Waals surface area contributed by atoms with Gasteiger partial charge in [0.1, 0.15) is 0 Å². The average molecular weight is 217 g/mol. The molecular weight excluding hydrogens is 194 g/mol. The fourth-order valence-electron chi connectivity index (χ4n) is 2.65. The van der Waals surface area contributed by atoms with Crippen LogP contribution in [0.2, 0.25) is 0 Å². The summed E-state index contributed by atoms with van der Waals surface area (Å²) in [5, 5.41) is 3.71. The molecule has 2 rings (SSSR count). The highest BCUT2D eigenvalue weighted by Gasteiger charge is 2.25. The summed E-state index contributed by atoms with van der Waals surface area (Å²) in [7, 11) is 0. The first-order chi connectivity index (χ1) is 7.85. The second-order valence-electron chi connectivity index (χ2n) is 4.90. The van der Waals surface area contributed by atoms with Crippen molar-refractivity contribution in [3.8, 4) is 0 Å². The molecule has 0 aliphatic heterocycles. The molecule has 1 aromatic carbocycles. The number of rotatable bonds is 6. The topological polar surface area (TPSA) is 12.0 Å². The Morgan fingerprint density at radius 3 is 2.81 bits per heavy atom. The first-order valence-electron chi connectivity index (χ1n) is 6.66. The van der Waals surface area contributed by atoms with Crippen LogP contribution < -0.4 is 5.32 Å². The van der Waals surface area contributed by atoms with Crippen LogP contribution in [0.5, 0.6) is 0 Å². The van der Waals surface area contributed by atoms with Crippen molar-refractivity contribution in [2.75, 3.05) is 6.54 Å². The van der Waals surface area contributed by atoms with E-state index in [1.165, 1.54) is 25.7 Å². The van der Waals surface area contributed by atoms with Crippen molar-refractivity contribution in [3.05, 3.63) is 35.4 Å². The molecule has 0 amide bonds. The largest absolute Gasteiger partial charge is 0.313 e. The summed E-state index contributed by atoms with van der Waals surface area (Å²) in [4.78, 5) is 0. The van der Waals surface area contributed by atoms with Crippen LogP contribution in [0.25, 0.3) is 0 Å². The van der Waals surface area contributed by atoms with E-state index in [1.54, 1.807) is 11.1 Å². The number of nitrogens with one attached hydrogen (secondary N) is 1. The predicted molar refractivity (Wildman–Crippen MR) is 69.9 cm³/mol. The van der Waals surface area contributed by atoms with E-state index in [9.17, 15) is 0 Å². The van der Waals surface area contributed by atoms with E-state index in [1.807, 2.05) is 0 Å². The Morgan fingerprint density at radius 1 is 1.31 bits per heavy atom. The van der Waals surface area contributed by atoms with Crippen LogP contribution in [-0.2, 0) is 6.42 Å². The van der Waals surface area contributed by atoms with Gasteiger partial charge in [-0.1, -0.05) is 44.5 Å². The zero-order valence-corrected chi connectivity index (χ0v) is 10.5. The molecule has 0 saturated carbocycles. The van der Waals surface area contributed by atoms with Crippen LogP contribution in [0, 0.1) is 0 Å². The van der Waals surface area contributed by atoms with Crippen LogP contribution >= 0.6 is 0 Å². The molecule has 1 aliphatic rings. The van der Waals surface area contributed by atoms with Crippen LogP contribution in [0.1, 0.15) is 50.2 Å². The van der Waals surface area contributed by atoms with Gasteiger partial charge in [0, 0.05) is 18.5 Å². The summed E-state index contributed by atoms with van der Waals surface area (Å²) >= 11 is 0. The van der Waals surface area contributed by atoms with Gasteiger partial charge in [-0.15, -0.1) is 0 Å². The van der Waals surface area contributed by atoms with Crippen molar-refractivity contribution >= 4 is 0 Å². The molecular formula is C15H23N. The standard InChI is InChI=1S/C15H23N/c1-3-7-14(4-2)16-11-13-10-12-8-5-6-9-15(12)13/h5-6,8-9,13-14,16H,3-4,7,10-11H2,1-2H3. The lowest BCUT2D eigenvalue weighted by Crippen LogP contribution is -2.35. The molecule has 16 heavy (non-hydrogen) atoms. The Balaban J connectivity index is 1.81. The average Bonchev–Trinajstić information content (AvgIpc) is 2.29. The van der Waals surface area contributed by atoms with E-state index < -0.39 is 0 Å². The molecule has 0 radical (unpaired) electrons. The summed E-state index contributed by atoms with van der Waals surface area (Å²) < 4.78 is 0. The molecule has 2 unspecified atom stereocenters. The SMILES string of the molecule is CCCC(CC)NCC1Cc2ccccc21. The van der Waals surface area contributed by atoms with E-state index in [-0.39, 0.29) is 0 Å². The molecule has 2 atom stereocenters. The van der Waals surface area contributed by atoms with Gasteiger partial charge in [0.25, 0.3) is 0 Å². The number of hydrogen-bond donors (Lipinski definition) is 1. The van der Waals surface area contributed by atoms with E-state index in [0.717, 1.165) is 18.5 Å². The van der Waals surface area contributed by atoms with Crippen LogP contribution in [-0.4, -0.2) is 12.6 Å². The maximum Gasteiger partial charge on any atom is 0.00645 e. The molecule has 1 heteroatoms. The summed E-state index contributed by atoms with van der Waals surface area (Å²) in [6.07, 6.45) is 5.12. The highest BCUT2D eigenvalue weighted by atomic mass is 14.9. The smallest absolute Gasteiger partial charge is 0.00645 e. The van der Waals surface area contributed by atoms with Gasteiger partial charge >= 0.3 is 0 Å². The van der Waals surface area contributed by atoms with E-state index in [0.29, 0.717) is 0 Å². The molecule has 0 fully saturated rings. The molecule has 88 valence electrons. The lowest BCUT2D eigenvalue weighted by atomic mass is 9.77. The fourth-order valence-corrected chi connectivity index (χ4v) is 2.65. The number of fused-ring (bicyclic) bond motifs is 1. The summed E-state index contributed by atoms with van der Waals surface area (Å²) in [5.41, 5.74) is 3.12. The summed E-state index contributed by atoms with van der Waals surface area (Å²) in [5.74, 6) is 0.766. The molecule has 1 aromatic rings. The highest BCUT2D eigenvalue weighted by molar-refractivity contribution is 5.40. The summed E-state index contributed by atoms with van der Waals surface area (Å²) in [6.45, 7) is 5.71. The lowest BCUT2D eigenvalue weighted by molar-refractivity contribution is 0.427. The molecule has 1 N–H and O–H groups in total. The molecule has 0 bridgehead atoms. The Hall–Kier alpha value is -0.820. The highest BCUT2D eigenvalue weighted by Crippen LogP contribution is 2.34. The first-order valence-corrected chi connectivity index (χ1v) is 6.66. The van der Waals surface area contributed by atoms with Crippen molar-refractivity contribution in [3.63, 3.8) is 0 Å². The minimum Gasteiger partial charge on any atom is -0.313 e. The molecule has 1 nitrogen and oxygen atoms in total. The van der Waals surface area contributed by atoms with Crippen molar-refractivity contribution in [2.24, 2.45) is 0 Å². The Bertz CT molecular complexity index is 332. The van der Waals surface area contributed by atoms with Gasteiger partial charge in [-0.2, -0.15) is 0 Å². The fraction of sp³-hybridized carbons (Fsp3) is 0.600. The molecule has 0 saturated heterocycles. The van der Waals surface area contributed by atoms with Crippen molar-refractivity contribution in [1.82, 2.24) is 5.32 Å². The zero-order valence-electron chi connectivity index (χ0n) is 10.5. The van der Waals surface area contributed by atoms with E-state index in [4.69, 9.17) is 0 Å². The monoisotopic (exact) mass is 217 g/mol.